The molecule has 87 valence electrons. The molecule has 17 heavy (non-hydrogen) atoms. The molecule has 1 radical (unpaired) electrons. The lowest BCUT2D eigenvalue weighted by atomic mass is 10.1. The van der Waals surface area contributed by atoms with Crippen LogP contribution in [0.2, 0.25) is 0 Å². The van der Waals surface area contributed by atoms with Gasteiger partial charge in [-0.05, 0) is 36.6 Å². The van der Waals surface area contributed by atoms with Crippen LogP contribution in [0.4, 0.5) is 0 Å². The van der Waals surface area contributed by atoms with Crippen molar-refractivity contribution in [2.75, 3.05) is 6.61 Å². The van der Waals surface area contributed by atoms with E-state index in [0.717, 1.165) is 18.6 Å². The molecule has 0 amide bonds. The van der Waals surface area contributed by atoms with Gasteiger partial charge >= 0.3 is 0 Å². The highest BCUT2D eigenvalue weighted by Gasteiger charge is 1.96. The van der Waals surface area contributed by atoms with Gasteiger partial charge in [-0.25, -0.2) is 0 Å². The van der Waals surface area contributed by atoms with Gasteiger partial charge < -0.3 is 4.74 Å². The molecule has 2 aromatic rings. The molecule has 0 unspecified atom stereocenters. The SMILES string of the molecule is [CH2]Cc1cccc(OCCc2ccccc2)c1. The first-order valence-electron chi connectivity index (χ1n) is 5.93. The molecular weight excluding hydrogens is 208 g/mol. The van der Waals surface area contributed by atoms with Gasteiger partial charge in [0.05, 0.1) is 6.61 Å². The van der Waals surface area contributed by atoms with Gasteiger partial charge in [0.25, 0.3) is 0 Å². The third-order valence-corrected chi connectivity index (χ3v) is 2.69. The average molecular weight is 225 g/mol. The number of hydrogen-bond acceptors (Lipinski definition) is 1. The maximum Gasteiger partial charge on any atom is 0.119 e. The molecule has 0 spiro atoms. The Bertz CT molecular complexity index is 448. The van der Waals surface area contributed by atoms with Crippen LogP contribution in [0.3, 0.4) is 0 Å². The average Bonchev–Trinajstić information content (AvgIpc) is 2.40. The molecule has 0 N–H and O–H groups in total. The van der Waals surface area contributed by atoms with Gasteiger partial charge in [-0.15, -0.1) is 0 Å². The molecule has 0 aliphatic heterocycles. The summed E-state index contributed by atoms with van der Waals surface area (Å²) >= 11 is 0. The number of rotatable bonds is 5. The minimum absolute atomic E-state index is 0.713. The monoisotopic (exact) mass is 225 g/mol. The minimum Gasteiger partial charge on any atom is -0.493 e. The Hall–Kier alpha value is -1.76. The summed E-state index contributed by atoms with van der Waals surface area (Å²) in [5.74, 6) is 0.932. The van der Waals surface area contributed by atoms with Crippen molar-refractivity contribution >= 4 is 0 Å². The van der Waals surface area contributed by atoms with Crippen LogP contribution >= 0.6 is 0 Å². The van der Waals surface area contributed by atoms with E-state index in [9.17, 15) is 0 Å². The van der Waals surface area contributed by atoms with Crippen molar-refractivity contribution in [1.29, 1.82) is 0 Å². The molecule has 0 aliphatic carbocycles. The maximum absolute atomic E-state index is 5.72. The van der Waals surface area contributed by atoms with E-state index < -0.39 is 0 Å². The molecule has 0 saturated carbocycles. The van der Waals surface area contributed by atoms with E-state index in [1.807, 2.05) is 18.2 Å². The first-order valence-corrected chi connectivity index (χ1v) is 5.93. The van der Waals surface area contributed by atoms with Crippen molar-refractivity contribution in [3.05, 3.63) is 72.6 Å². The van der Waals surface area contributed by atoms with E-state index in [4.69, 9.17) is 4.74 Å². The first kappa shape index (κ1) is 11.7. The zero-order chi connectivity index (χ0) is 11.9. The van der Waals surface area contributed by atoms with E-state index in [1.54, 1.807) is 0 Å². The fraction of sp³-hybridized carbons (Fsp3) is 0.188. The topological polar surface area (TPSA) is 9.23 Å². The fourth-order valence-corrected chi connectivity index (χ4v) is 1.72. The van der Waals surface area contributed by atoms with Gasteiger partial charge in [0.15, 0.2) is 0 Å². The van der Waals surface area contributed by atoms with E-state index in [-0.39, 0.29) is 0 Å². The normalized spacial score (nSPS) is 10.2. The zero-order valence-corrected chi connectivity index (χ0v) is 9.93. The lowest BCUT2D eigenvalue weighted by Crippen LogP contribution is -2.01. The highest BCUT2D eigenvalue weighted by molar-refractivity contribution is 5.29. The Morgan fingerprint density at radius 2 is 1.65 bits per heavy atom. The van der Waals surface area contributed by atoms with Crippen LogP contribution in [-0.2, 0) is 12.8 Å². The van der Waals surface area contributed by atoms with E-state index in [0.29, 0.717) is 6.61 Å². The molecule has 2 aromatic carbocycles. The maximum atomic E-state index is 5.72. The van der Waals surface area contributed by atoms with Crippen molar-refractivity contribution in [3.63, 3.8) is 0 Å². The third kappa shape index (κ3) is 3.63. The van der Waals surface area contributed by atoms with Crippen molar-refractivity contribution in [2.24, 2.45) is 0 Å². The van der Waals surface area contributed by atoms with Crippen LogP contribution in [-0.4, -0.2) is 6.61 Å². The Balaban J connectivity index is 1.86. The van der Waals surface area contributed by atoms with Crippen molar-refractivity contribution < 1.29 is 4.74 Å². The van der Waals surface area contributed by atoms with Crippen molar-refractivity contribution in [1.82, 2.24) is 0 Å². The Kier molecular flexibility index (Phi) is 4.20. The van der Waals surface area contributed by atoms with Crippen LogP contribution in [0.15, 0.2) is 54.6 Å². The van der Waals surface area contributed by atoms with Crippen LogP contribution < -0.4 is 4.74 Å². The second kappa shape index (κ2) is 6.09. The predicted octanol–water partition coefficient (Wildman–Crippen LogP) is 3.68. The van der Waals surface area contributed by atoms with E-state index >= 15 is 0 Å². The fourth-order valence-electron chi connectivity index (χ4n) is 1.72. The summed E-state index contributed by atoms with van der Waals surface area (Å²) in [4.78, 5) is 0. The molecule has 1 heteroatoms. The lowest BCUT2D eigenvalue weighted by molar-refractivity contribution is 0.321. The predicted molar refractivity (Wildman–Crippen MR) is 71.1 cm³/mol. The summed E-state index contributed by atoms with van der Waals surface area (Å²) in [5, 5.41) is 0. The second-order valence-corrected chi connectivity index (χ2v) is 3.98. The van der Waals surface area contributed by atoms with Gasteiger partial charge in [-0.2, -0.15) is 0 Å². The summed E-state index contributed by atoms with van der Waals surface area (Å²) in [6.07, 6.45) is 1.74. The van der Waals surface area contributed by atoms with E-state index in [2.05, 4.69) is 43.3 Å². The molecule has 0 saturated heterocycles. The molecule has 0 fully saturated rings. The molecule has 0 heterocycles. The number of ether oxygens (including phenoxy) is 1. The number of hydrogen-bond donors (Lipinski definition) is 0. The van der Waals surface area contributed by atoms with Crippen LogP contribution in [0.1, 0.15) is 11.1 Å². The summed E-state index contributed by atoms with van der Waals surface area (Å²) < 4.78 is 5.72. The van der Waals surface area contributed by atoms with Gasteiger partial charge in [0, 0.05) is 6.42 Å². The highest BCUT2D eigenvalue weighted by atomic mass is 16.5. The number of benzene rings is 2. The van der Waals surface area contributed by atoms with Gasteiger partial charge in [-0.3, -0.25) is 0 Å². The molecule has 1 nitrogen and oxygen atoms in total. The molecule has 0 atom stereocenters. The lowest BCUT2D eigenvalue weighted by Gasteiger charge is -2.07. The summed E-state index contributed by atoms with van der Waals surface area (Å²) in [6.45, 7) is 4.58. The Morgan fingerprint density at radius 3 is 2.41 bits per heavy atom. The minimum atomic E-state index is 0.713. The standard InChI is InChI=1S/C16H17O/c1-2-14-9-6-10-16(13-14)17-12-11-15-7-4-3-5-8-15/h3-10,13H,1-2,11-12H2. The first-order chi connectivity index (χ1) is 8.38. The molecule has 0 aromatic heterocycles. The van der Waals surface area contributed by atoms with Crippen molar-refractivity contribution in [3.8, 4) is 5.75 Å². The van der Waals surface area contributed by atoms with Gasteiger partial charge in [0.2, 0.25) is 0 Å². The summed E-state index contributed by atoms with van der Waals surface area (Å²) in [7, 11) is 0. The van der Waals surface area contributed by atoms with Crippen LogP contribution in [0.25, 0.3) is 0 Å². The zero-order valence-electron chi connectivity index (χ0n) is 9.93. The quantitative estimate of drug-likeness (QED) is 0.754. The largest absolute Gasteiger partial charge is 0.493 e. The molecule has 0 bridgehead atoms. The van der Waals surface area contributed by atoms with Gasteiger partial charge in [-0.1, -0.05) is 42.5 Å². The third-order valence-electron chi connectivity index (χ3n) is 2.69. The van der Waals surface area contributed by atoms with Crippen LogP contribution in [0.5, 0.6) is 5.75 Å². The Morgan fingerprint density at radius 1 is 0.882 bits per heavy atom. The molecular formula is C16H17O. The second-order valence-electron chi connectivity index (χ2n) is 3.98. The van der Waals surface area contributed by atoms with Gasteiger partial charge in [0.1, 0.15) is 5.75 Å². The highest BCUT2D eigenvalue weighted by Crippen LogP contribution is 2.14. The summed E-state index contributed by atoms with van der Waals surface area (Å²) in [5.41, 5.74) is 2.52. The van der Waals surface area contributed by atoms with E-state index in [1.165, 1.54) is 11.1 Å². The molecule has 2 rings (SSSR count). The summed E-state index contributed by atoms with van der Waals surface area (Å²) in [6, 6.07) is 18.5. The Labute approximate surface area is 103 Å². The smallest absolute Gasteiger partial charge is 0.119 e. The van der Waals surface area contributed by atoms with Crippen LogP contribution in [0, 0.1) is 6.92 Å². The van der Waals surface area contributed by atoms with Crippen molar-refractivity contribution in [2.45, 2.75) is 12.8 Å². The molecule has 0 aliphatic rings.